The normalized spacial score (nSPS) is 18.5. The van der Waals surface area contributed by atoms with Gasteiger partial charge < -0.3 is 9.84 Å². The van der Waals surface area contributed by atoms with Crippen molar-refractivity contribution in [1.29, 1.82) is 0 Å². The van der Waals surface area contributed by atoms with Crippen LogP contribution in [0.2, 0.25) is 0 Å². The Labute approximate surface area is 97.6 Å². The summed E-state index contributed by atoms with van der Waals surface area (Å²) < 4.78 is 35.5. The van der Waals surface area contributed by atoms with Crippen LogP contribution < -0.4 is 4.74 Å². The molecule has 1 aliphatic rings. The van der Waals surface area contributed by atoms with Crippen LogP contribution in [0, 0.1) is 0 Å². The lowest BCUT2D eigenvalue weighted by Crippen LogP contribution is -2.24. The maximum atomic E-state index is 10.8. The van der Waals surface area contributed by atoms with Crippen molar-refractivity contribution in [3.8, 4) is 5.75 Å². The topological polar surface area (TPSA) is 101 Å². The van der Waals surface area contributed by atoms with E-state index in [9.17, 15) is 13.2 Å². The average molecular weight is 258 g/mol. The van der Waals surface area contributed by atoms with Crippen molar-refractivity contribution in [2.75, 3.05) is 0 Å². The molecule has 1 unspecified atom stereocenters. The number of carboxylic acid groups (broad SMARTS) is 1. The molecule has 0 aliphatic carbocycles. The van der Waals surface area contributed by atoms with Gasteiger partial charge in [-0.2, -0.15) is 8.42 Å². The smallest absolute Gasteiger partial charge is 0.345 e. The molecule has 1 aliphatic heterocycles. The fourth-order valence-electron chi connectivity index (χ4n) is 1.78. The van der Waals surface area contributed by atoms with Gasteiger partial charge in [0.05, 0.1) is 0 Å². The molecular formula is C10H10O6S. The molecule has 6 nitrogen and oxygen atoms in total. The first-order valence-corrected chi connectivity index (χ1v) is 6.43. The quantitative estimate of drug-likeness (QED) is 0.764. The molecule has 1 aromatic rings. The lowest BCUT2D eigenvalue weighted by atomic mass is 10.1. The van der Waals surface area contributed by atoms with Crippen LogP contribution in [0.4, 0.5) is 0 Å². The number of benzene rings is 1. The summed E-state index contributed by atoms with van der Waals surface area (Å²) in [6.45, 7) is 0. The largest absolute Gasteiger partial charge is 0.478 e. The molecule has 0 fully saturated rings. The van der Waals surface area contributed by atoms with Gasteiger partial charge in [0.25, 0.3) is 10.1 Å². The van der Waals surface area contributed by atoms with Gasteiger partial charge in [-0.05, 0) is 5.56 Å². The highest BCUT2D eigenvalue weighted by molar-refractivity contribution is 7.85. The van der Waals surface area contributed by atoms with Gasteiger partial charge in [0.15, 0.2) is 6.10 Å². The highest BCUT2D eigenvalue weighted by Gasteiger charge is 2.31. The van der Waals surface area contributed by atoms with Crippen LogP contribution in [-0.2, 0) is 27.1 Å². The highest BCUT2D eigenvalue weighted by atomic mass is 32.2. The Kier molecular flexibility index (Phi) is 2.80. The SMILES string of the molecule is O=C(O)C1Cc2cccc(CS(=O)(=O)O)c2O1. The molecule has 1 heterocycles. The number of hydrogen-bond acceptors (Lipinski definition) is 4. The Balaban J connectivity index is 2.35. The molecule has 1 aromatic carbocycles. The third kappa shape index (κ3) is 2.56. The molecule has 17 heavy (non-hydrogen) atoms. The Hall–Kier alpha value is -1.60. The number of para-hydroxylation sites is 1. The number of ether oxygens (including phenoxy) is 1. The molecule has 92 valence electrons. The van der Waals surface area contributed by atoms with Gasteiger partial charge in [0.2, 0.25) is 0 Å². The third-order valence-corrected chi connectivity index (χ3v) is 3.13. The number of carboxylic acids is 1. The maximum Gasteiger partial charge on any atom is 0.345 e. The molecule has 0 aromatic heterocycles. The van der Waals surface area contributed by atoms with Crippen LogP contribution in [0.25, 0.3) is 0 Å². The van der Waals surface area contributed by atoms with Gasteiger partial charge in [-0.15, -0.1) is 0 Å². The summed E-state index contributed by atoms with van der Waals surface area (Å²) in [6.07, 6.45) is -0.795. The lowest BCUT2D eigenvalue weighted by molar-refractivity contribution is -0.144. The van der Waals surface area contributed by atoms with E-state index in [2.05, 4.69) is 0 Å². The van der Waals surface area contributed by atoms with Crippen LogP contribution in [-0.4, -0.2) is 30.2 Å². The summed E-state index contributed by atoms with van der Waals surface area (Å²) >= 11 is 0. The molecule has 1 atom stereocenters. The summed E-state index contributed by atoms with van der Waals surface area (Å²) in [6, 6.07) is 4.76. The van der Waals surface area contributed by atoms with E-state index >= 15 is 0 Å². The molecule has 7 heteroatoms. The number of fused-ring (bicyclic) bond motifs is 1. The fourth-order valence-corrected chi connectivity index (χ4v) is 2.40. The molecule has 0 radical (unpaired) electrons. The minimum Gasteiger partial charge on any atom is -0.478 e. The second kappa shape index (κ2) is 4.01. The Bertz CT molecular complexity index is 562. The molecule has 2 rings (SSSR count). The van der Waals surface area contributed by atoms with Gasteiger partial charge in [-0.25, -0.2) is 4.79 Å². The van der Waals surface area contributed by atoms with E-state index in [0.29, 0.717) is 5.56 Å². The number of carbonyl (C=O) groups is 1. The minimum absolute atomic E-state index is 0.198. The maximum absolute atomic E-state index is 10.8. The minimum atomic E-state index is -4.16. The zero-order chi connectivity index (χ0) is 12.6. The predicted octanol–water partition coefficient (Wildman–Crippen LogP) is 0.463. The molecule has 2 N–H and O–H groups in total. The molecule has 0 saturated heterocycles. The van der Waals surface area contributed by atoms with E-state index in [4.69, 9.17) is 14.4 Å². The Morgan fingerprint density at radius 1 is 1.47 bits per heavy atom. The molecule has 0 saturated carbocycles. The van der Waals surface area contributed by atoms with E-state index in [-0.39, 0.29) is 17.7 Å². The molecule has 0 spiro atoms. The van der Waals surface area contributed by atoms with Gasteiger partial charge in [-0.1, -0.05) is 18.2 Å². The Morgan fingerprint density at radius 2 is 2.18 bits per heavy atom. The third-order valence-electron chi connectivity index (χ3n) is 2.46. The van der Waals surface area contributed by atoms with Gasteiger partial charge in [0.1, 0.15) is 11.5 Å². The first kappa shape index (κ1) is 11.9. The lowest BCUT2D eigenvalue weighted by Gasteiger charge is -2.08. The van der Waals surface area contributed by atoms with Gasteiger partial charge >= 0.3 is 5.97 Å². The molecular weight excluding hydrogens is 248 g/mol. The Morgan fingerprint density at radius 3 is 2.76 bits per heavy atom. The molecule has 0 amide bonds. The summed E-state index contributed by atoms with van der Waals surface area (Å²) in [7, 11) is -4.16. The monoisotopic (exact) mass is 258 g/mol. The zero-order valence-corrected chi connectivity index (χ0v) is 9.48. The van der Waals surface area contributed by atoms with Crippen molar-refractivity contribution in [1.82, 2.24) is 0 Å². The van der Waals surface area contributed by atoms with Crippen molar-refractivity contribution < 1.29 is 27.6 Å². The van der Waals surface area contributed by atoms with E-state index in [1.807, 2.05) is 0 Å². The summed E-state index contributed by atoms with van der Waals surface area (Å²) in [5.41, 5.74) is 0.910. The van der Waals surface area contributed by atoms with Crippen LogP contribution in [0.5, 0.6) is 5.75 Å². The second-order valence-electron chi connectivity index (χ2n) is 3.78. The summed E-state index contributed by atoms with van der Waals surface area (Å²) in [4.78, 5) is 10.8. The van der Waals surface area contributed by atoms with Crippen LogP contribution >= 0.6 is 0 Å². The van der Waals surface area contributed by atoms with E-state index in [1.54, 1.807) is 12.1 Å². The van der Waals surface area contributed by atoms with Crippen molar-refractivity contribution in [3.05, 3.63) is 29.3 Å². The van der Waals surface area contributed by atoms with Gasteiger partial charge in [0, 0.05) is 12.0 Å². The van der Waals surface area contributed by atoms with Crippen LogP contribution in [0.3, 0.4) is 0 Å². The van der Waals surface area contributed by atoms with Crippen molar-refractivity contribution in [2.24, 2.45) is 0 Å². The first-order valence-electron chi connectivity index (χ1n) is 4.82. The zero-order valence-electron chi connectivity index (χ0n) is 8.66. The van der Waals surface area contributed by atoms with Crippen LogP contribution in [0.1, 0.15) is 11.1 Å². The van der Waals surface area contributed by atoms with Gasteiger partial charge in [-0.3, -0.25) is 4.55 Å². The highest BCUT2D eigenvalue weighted by Crippen LogP contribution is 2.33. The van der Waals surface area contributed by atoms with Crippen molar-refractivity contribution in [2.45, 2.75) is 18.3 Å². The predicted molar refractivity (Wildman–Crippen MR) is 57.5 cm³/mol. The van der Waals surface area contributed by atoms with E-state index < -0.39 is 27.9 Å². The van der Waals surface area contributed by atoms with Crippen molar-refractivity contribution >= 4 is 16.1 Å². The first-order chi connectivity index (χ1) is 7.87. The van der Waals surface area contributed by atoms with E-state index in [1.165, 1.54) is 6.07 Å². The summed E-state index contributed by atoms with van der Waals surface area (Å²) in [5, 5.41) is 8.82. The number of hydrogen-bond donors (Lipinski definition) is 2. The standard InChI is InChI=1S/C10H10O6S/c11-10(12)8-4-6-2-1-3-7(9(6)16-8)5-17(13,14)15/h1-3,8H,4-5H2,(H,11,12)(H,13,14,15). The average Bonchev–Trinajstić information content (AvgIpc) is 2.60. The second-order valence-corrected chi connectivity index (χ2v) is 5.23. The van der Waals surface area contributed by atoms with Crippen LogP contribution in [0.15, 0.2) is 18.2 Å². The fraction of sp³-hybridized carbons (Fsp3) is 0.300. The number of rotatable bonds is 3. The van der Waals surface area contributed by atoms with Crippen molar-refractivity contribution in [3.63, 3.8) is 0 Å². The number of aliphatic carboxylic acids is 1. The summed E-state index contributed by atoms with van der Waals surface area (Å²) in [5.74, 6) is -1.43. The molecule has 0 bridgehead atoms. The van der Waals surface area contributed by atoms with E-state index in [0.717, 1.165) is 0 Å².